The van der Waals surface area contributed by atoms with Crippen LogP contribution in [-0.2, 0) is 6.54 Å². The number of ether oxygens (including phenoxy) is 1. The van der Waals surface area contributed by atoms with Crippen LogP contribution in [0.15, 0.2) is 41.5 Å². The number of benzene rings is 1. The van der Waals surface area contributed by atoms with Crippen molar-refractivity contribution < 1.29 is 4.74 Å². The first kappa shape index (κ1) is 17.8. The molecule has 2 aromatic heterocycles. The first-order chi connectivity index (χ1) is 13.6. The van der Waals surface area contributed by atoms with Crippen molar-refractivity contribution in [3.63, 3.8) is 0 Å². The Hall–Kier alpha value is -2.22. The van der Waals surface area contributed by atoms with Gasteiger partial charge in [0, 0.05) is 23.5 Å². The van der Waals surface area contributed by atoms with Gasteiger partial charge < -0.3 is 15.4 Å². The van der Waals surface area contributed by atoms with E-state index in [9.17, 15) is 4.79 Å². The van der Waals surface area contributed by atoms with Gasteiger partial charge in [-0.3, -0.25) is 9.36 Å². The van der Waals surface area contributed by atoms with Crippen molar-refractivity contribution in [1.29, 1.82) is 0 Å². The molecule has 2 aliphatic heterocycles. The quantitative estimate of drug-likeness (QED) is 0.734. The average Bonchev–Trinajstić information content (AvgIpc) is 3.21. The Morgan fingerprint density at radius 2 is 1.93 bits per heavy atom. The molecule has 0 radical (unpaired) electrons. The van der Waals surface area contributed by atoms with Gasteiger partial charge >= 0.3 is 0 Å². The molecule has 3 aromatic rings. The number of thiophene rings is 1. The van der Waals surface area contributed by atoms with Crippen LogP contribution in [0, 0.1) is 0 Å². The van der Waals surface area contributed by atoms with Crippen molar-refractivity contribution in [1.82, 2.24) is 14.5 Å². The van der Waals surface area contributed by atoms with E-state index < -0.39 is 0 Å². The number of nitrogens with zero attached hydrogens (tertiary/aromatic N) is 3. The van der Waals surface area contributed by atoms with Gasteiger partial charge in [0.15, 0.2) is 0 Å². The summed E-state index contributed by atoms with van der Waals surface area (Å²) in [4.78, 5) is 20.7. The highest BCUT2D eigenvalue weighted by atomic mass is 32.1. The third kappa shape index (κ3) is 3.03. The van der Waals surface area contributed by atoms with E-state index >= 15 is 0 Å². The number of hydrogen-bond donors (Lipinski definition) is 1. The molecule has 2 bridgehead atoms. The Morgan fingerprint density at radius 1 is 1.21 bits per heavy atom. The van der Waals surface area contributed by atoms with E-state index in [2.05, 4.69) is 16.9 Å². The average molecular weight is 397 g/mol. The Kier molecular flexibility index (Phi) is 4.45. The normalized spacial score (nSPS) is 24.7. The fraction of sp³-hybridized carbons (Fsp3) is 0.429. The van der Waals surface area contributed by atoms with Crippen LogP contribution >= 0.6 is 11.3 Å². The molecule has 0 amide bonds. The van der Waals surface area contributed by atoms with Crippen molar-refractivity contribution >= 4 is 21.6 Å². The van der Waals surface area contributed by atoms with Crippen LogP contribution in [0.25, 0.3) is 15.9 Å². The minimum absolute atomic E-state index is 0.0599. The summed E-state index contributed by atoms with van der Waals surface area (Å²) in [6.45, 7) is 0.422. The van der Waals surface area contributed by atoms with Gasteiger partial charge in [-0.05, 0) is 63.1 Å². The Labute approximate surface area is 167 Å². The molecular formula is C21H24N4O2S. The standard InChI is InChI=1S/C21H24N4O2S/c1-24-14-2-3-15(24)9-17(8-14)27-16-6-4-13(5-7-16)25-12-23-19-10-18(11-22)28-20(19)21(25)26/h4-7,10,12,14-15,17H,2-3,8-9,11,22H2,1H3/t14-,15+,17+. The number of rotatable bonds is 4. The summed E-state index contributed by atoms with van der Waals surface area (Å²) in [5.74, 6) is 0.862. The molecule has 146 valence electrons. The number of nitrogens with two attached hydrogens (primary N) is 1. The Bertz CT molecular complexity index is 1040. The maximum absolute atomic E-state index is 12.8. The largest absolute Gasteiger partial charge is 0.490 e. The van der Waals surface area contributed by atoms with Crippen molar-refractivity contribution in [2.45, 2.75) is 50.4 Å². The highest BCUT2D eigenvalue weighted by Crippen LogP contribution is 2.36. The summed E-state index contributed by atoms with van der Waals surface area (Å²) in [5.41, 5.74) is 7.13. The summed E-state index contributed by atoms with van der Waals surface area (Å²) < 4.78 is 8.48. The molecule has 2 N–H and O–H groups in total. The minimum Gasteiger partial charge on any atom is -0.490 e. The van der Waals surface area contributed by atoms with Crippen LogP contribution in [0.4, 0.5) is 0 Å². The highest BCUT2D eigenvalue weighted by Gasteiger charge is 2.39. The lowest BCUT2D eigenvalue weighted by Gasteiger charge is -2.36. The smallest absolute Gasteiger partial charge is 0.275 e. The zero-order chi connectivity index (χ0) is 19.3. The number of fused-ring (bicyclic) bond motifs is 3. The molecule has 2 fully saturated rings. The minimum atomic E-state index is -0.0599. The Morgan fingerprint density at radius 3 is 2.61 bits per heavy atom. The molecule has 2 saturated heterocycles. The van der Waals surface area contributed by atoms with Crippen LogP contribution < -0.4 is 16.0 Å². The molecule has 28 heavy (non-hydrogen) atoms. The van der Waals surface area contributed by atoms with Crippen LogP contribution in [0.3, 0.4) is 0 Å². The molecule has 0 spiro atoms. The van der Waals surface area contributed by atoms with Gasteiger partial charge in [0.1, 0.15) is 22.9 Å². The van der Waals surface area contributed by atoms with Gasteiger partial charge in [0.25, 0.3) is 5.56 Å². The van der Waals surface area contributed by atoms with Gasteiger partial charge in [-0.15, -0.1) is 11.3 Å². The molecule has 0 saturated carbocycles. The fourth-order valence-corrected chi connectivity index (χ4v) is 5.50. The lowest BCUT2D eigenvalue weighted by molar-refractivity contribution is 0.0662. The SMILES string of the molecule is CN1[C@@H]2CC[C@H]1C[C@@H](Oc1ccc(-n3cnc4cc(CN)sc4c3=O)cc1)C2. The maximum atomic E-state index is 12.8. The first-order valence-corrected chi connectivity index (χ1v) is 10.6. The molecule has 5 rings (SSSR count). The van der Waals surface area contributed by atoms with Crippen LogP contribution in [0.5, 0.6) is 5.75 Å². The molecule has 2 aliphatic rings. The van der Waals surface area contributed by atoms with E-state index in [1.54, 1.807) is 10.9 Å². The van der Waals surface area contributed by atoms with E-state index in [-0.39, 0.29) is 11.7 Å². The van der Waals surface area contributed by atoms with E-state index in [0.717, 1.165) is 29.2 Å². The van der Waals surface area contributed by atoms with Crippen LogP contribution in [-0.4, -0.2) is 39.7 Å². The molecule has 1 aromatic carbocycles. The van der Waals surface area contributed by atoms with Crippen LogP contribution in [0.1, 0.15) is 30.6 Å². The van der Waals surface area contributed by atoms with Gasteiger partial charge in [-0.2, -0.15) is 0 Å². The molecule has 7 heteroatoms. The molecule has 0 unspecified atom stereocenters. The van der Waals surface area contributed by atoms with Crippen LogP contribution in [0.2, 0.25) is 0 Å². The van der Waals surface area contributed by atoms with Gasteiger partial charge in [0.05, 0.1) is 11.2 Å². The summed E-state index contributed by atoms with van der Waals surface area (Å²) in [5, 5.41) is 0. The second kappa shape index (κ2) is 6.99. The third-order valence-corrected chi connectivity index (χ3v) is 7.30. The molecule has 3 atom stereocenters. The van der Waals surface area contributed by atoms with Gasteiger partial charge in [-0.25, -0.2) is 4.98 Å². The highest BCUT2D eigenvalue weighted by molar-refractivity contribution is 7.18. The zero-order valence-electron chi connectivity index (χ0n) is 15.9. The second-order valence-electron chi connectivity index (χ2n) is 7.81. The molecule has 6 nitrogen and oxygen atoms in total. The van der Waals surface area contributed by atoms with Crippen molar-refractivity contribution in [2.24, 2.45) is 5.73 Å². The van der Waals surface area contributed by atoms with E-state index in [1.165, 1.54) is 24.2 Å². The summed E-state index contributed by atoms with van der Waals surface area (Å²) in [7, 11) is 2.24. The van der Waals surface area contributed by atoms with Crippen molar-refractivity contribution in [3.05, 3.63) is 51.9 Å². The van der Waals surface area contributed by atoms with E-state index in [4.69, 9.17) is 10.5 Å². The number of piperidine rings is 1. The zero-order valence-corrected chi connectivity index (χ0v) is 16.7. The number of aromatic nitrogens is 2. The molecule has 4 heterocycles. The summed E-state index contributed by atoms with van der Waals surface area (Å²) >= 11 is 1.42. The molecule has 0 aliphatic carbocycles. The second-order valence-corrected chi connectivity index (χ2v) is 8.94. The lowest BCUT2D eigenvalue weighted by atomic mass is 10.0. The van der Waals surface area contributed by atoms with E-state index in [1.807, 2.05) is 30.3 Å². The summed E-state index contributed by atoms with van der Waals surface area (Å²) in [6.07, 6.45) is 6.62. The predicted octanol–water partition coefficient (Wildman–Crippen LogP) is 2.91. The maximum Gasteiger partial charge on any atom is 0.275 e. The first-order valence-electron chi connectivity index (χ1n) is 9.81. The van der Waals surface area contributed by atoms with Gasteiger partial charge in [-0.1, -0.05) is 0 Å². The van der Waals surface area contributed by atoms with E-state index in [0.29, 0.717) is 28.8 Å². The fourth-order valence-electron chi connectivity index (χ4n) is 4.58. The van der Waals surface area contributed by atoms with Crippen molar-refractivity contribution in [3.8, 4) is 11.4 Å². The lowest BCUT2D eigenvalue weighted by Crippen LogP contribution is -2.43. The summed E-state index contributed by atoms with van der Waals surface area (Å²) in [6, 6.07) is 10.9. The monoisotopic (exact) mass is 396 g/mol. The molecular weight excluding hydrogens is 372 g/mol. The Balaban J connectivity index is 1.36. The number of hydrogen-bond acceptors (Lipinski definition) is 6. The topological polar surface area (TPSA) is 73.4 Å². The van der Waals surface area contributed by atoms with Gasteiger partial charge in [0.2, 0.25) is 0 Å². The predicted molar refractivity (Wildman–Crippen MR) is 111 cm³/mol. The van der Waals surface area contributed by atoms with Crippen molar-refractivity contribution in [2.75, 3.05) is 7.05 Å². The third-order valence-electron chi connectivity index (χ3n) is 6.16.